The van der Waals surface area contributed by atoms with Crippen molar-refractivity contribution < 1.29 is 19.4 Å². The number of carbonyl (C=O) groups is 2. The summed E-state index contributed by atoms with van der Waals surface area (Å²) in [6.45, 7) is 1.16. The molecule has 2 amide bonds. The Bertz CT molecular complexity index is 332. The van der Waals surface area contributed by atoms with Gasteiger partial charge in [-0.2, -0.15) is 0 Å². The van der Waals surface area contributed by atoms with Gasteiger partial charge < -0.3 is 20.5 Å². The Morgan fingerprint density at radius 2 is 1.84 bits per heavy atom. The molecule has 1 aliphatic heterocycles. The first-order chi connectivity index (χ1) is 9.12. The Hall–Kier alpha value is -1.30. The van der Waals surface area contributed by atoms with E-state index in [2.05, 4.69) is 10.6 Å². The first-order valence-electron chi connectivity index (χ1n) is 7.02. The number of nitrogens with one attached hydrogen (secondary N) is 2. The van der Waals surface area contributed by atoms with Gasteiger partial charge in [0.05, 0.1) is 12.6 Å². The van der Waals surface area contributed by atoms with E-state index in [9.17, 15) is 14.7 Å². The van der Waals surface area contributed by atoms with E-state index in [1.54, 1.807) is 0 Å². The molecule has 0 bridgehead atoms. The monoisotopic (exact) mass is 270 g/mol. The molecule has 3 N–H and O–H groups in total. The number of rotatable bonds is 3. The molecular formula is C13H22N2O4. The number of carboxylic acids is 1. The van der Waals surface area contributed by atoms with Crippen molar-refractivity contribution in [2.24, 2.45) is 0 Å². The molecule has 6 heteroatoms. The van der Waals surface area contributed by atoms with Crippen LogP contribution in [0.1, 0.15) is 44.9 Å². The van der Waals surface area contributed by atoms with Gasteiger partial charge in [0, 0.05) is 6.61 Å². The normalized spacial score (nSPS) is 26.4. The zero-order valence-corrected chi connectivity index (χ0v) is 11.1. The molecule has 19 heavy (non-hydrogen) atoms. The van der Waals surface area contributed by atoms with Crippen molar-refractivity contribution in [2.75, 3.05) is 13.2 Å². The Balaban J connectivity index is 1.94. The van der Waals surface area contributed by atoms with Crippen molar-refractivity contribution in [2.45, 2.75) is 56.5 Å². The number of carboxylic acid groups (broad SMARTS) is 1. The SMILES string of the molecule is O=C(NC1CCOC1)NC1(C(=O)O)CCCCCC1. The first kappa shape index (κ1) is 14.1. The smallest absolute Gasteiger partial charge is 0.329 e. The van der Waals surface area contributed by atoms with Gasteiger partial charge in [0.2, 0.25) is 0 Å². The second-order valence-corrected chi connectivity index (χ2v) is 5.46. The minimum atomic E-state index is -1.10. The van der Waals surface area contributed by atoms with Crippen LogP contribution in [0.5, 0.6) is 0 Å². The molecule has 0 spiro atoms. The summed E-state index contributed by atoms with van der Waals surface area (Å²) in [4.78, 5) is 23.5. The molecule has 1 heterocycles. The number of aliphatic carboxylic acids is 1. The number of hydrogen-bond acceptors (Lipinski definition) is 3. The Labute approximate surface area is 112 Å². The average molecular weight is 270 g/mol. The quantitative estimate of drug-likeness (QED) is 0.674. The van der Waals surface area contributed by atoms with E-state index < -0.39 is 11.5 Å². The van der Waals surface area contributed by atoms with Crippen molar-refractivity contribution in [1.82, 2.24) is 10.6 Å². The van der Waals surface area contributed by atoms with Crippen molar-refractivity contribution in [3.63, 3.8) is 0 Å². The van der Waals surface area contributed by atoms with Gasteiger partial charge in [0.25, 0.3) is 0 Å². The highest BCUT2D eigenvalue weighted by molar-refractivity contribution is 5.86. The molecule has 6 nitrogen and oxygen atoms in total. The maximum absolute atomic E-state index is 11.9. The van der Waals surface area contributed by atoms with Crippen molar-refractivity contribution in [3.05, 3.63) is 0 Å². The molecular weight excluding hydrogens is 248 g/mol. The van der Waals surface area contributed by atoms with E-state index in [0.717, 1.165) is 32.1 Å². The highest BCUT2D eigenvalue weighted by atomic mass is 16.5. The van der Waals surface area contributed by atoms with Crippen molar-refractivity contribution in [1.29, 1.82) is 0 Å². The number of carbonyl (C=O) groups excluding carboxylic acids is 1. The van der Waals surface area contributed by atoms with Crippen molar-refractivity contribution in [3.8, 4) is 0 Å². The lowest BCUT2D eigenvalue weighted by atomic mass is 9.90. The minimum Gasteiger partial charge on any atom is -0.480 e. The van der Waals surface area contributed by atoms with Crippen LogP contribution in [0.15, 0.2) is 0 Å². The molecule has 1 aliphatic carbocycles. The molecule has 0 aromatic rings. The van der Waals surface area contributed by atoms with Crippen LogP contribution in [0, 0.1) is 0 Å². The van der Waals surface area contributed by atoms with Gasteiger partial charge in [-0.25, -0.2) is 9.59 Å². The summed E-state index contributed by atoms with van der Waals surface area (Å²) in [7, 11) is 0. The van der Waals surface area contributed by atoms with Crippen LogP contribution >= 0.6 is 0 Å². The molecule has 2 fully saturated rings. The van der Waals surface area contributed by atoms with Crippen LogP contribution < -0.4 is 10.6 Å². The largest absolute Gasteiger partial charge is 0.480 e. The molecule has 1 atom stereocenters. The molecule has 0 aromatic carbocycles. The van der Waals surface area contributed by atoms with Gasteiger partial charge in [-0.05, 0) is 19.3 Å². The number of ether oxygens (including phenoxy) is 1. The van der Waals surface area contributed by atoms with Gasteiger partial charge in [0.15, 0.2) is 0 Å². The van der Waals surface area contributed by atoms with Gasteiger partial charge in [-0.1, -0.05) is 25.7 Å². The summed E-state index contributed by atoms with van der Waals surface area (Å²) >= 11 is 0. The van der Waals surface area contributed by atoms with E-state index in [1.807, 2.05) is 0 Å². The summed E-state index contributed by atoms with van der Waals surface area (Å²) in [6.07, 6.45) is 5.57. The van der Waals surface area contributed by atoms with E-state index in [-0.39, 0.29) is 12.1 Å². The highest BCUT2D eigenvalue weighted by Crippen LogP contribution is 2.27. The summed E-state index contributed by atoms with van der Waals surface area (Å²) in [6, 6.07) is -0.392. The highest BCUT2D eigenvalue weighted by Gasteiger charge is 2.40. The third kappa shape index (κ3) is 3.59. The molecule has 2 rings (SSSR count). The maximum atomic E-state index is 11.9. The standard InChI is InChI=1S/C13H22N2O4/c16-11(17)13(6-3-1-2-4-7-13)15-12(18)14-10-5-8-19-9-10/h10H,1-9H2,(H,16,17)(H2,14,15,18). The predicted octanol–water partition coefficient (Wildman–Crippen LogP) is 1.25. The average Bonchev–Trinajstić information content (AvgIpc) is 2.73. The molecule has 1 unspecified atom stereocenters. The van der Waals surface area contributed by atoms with Gasteiger partial charge in [-0.3, -0.25) is 0 Å². The maximum Gasteiger partial charge on any atom is 0.329 e. The van der Waals surface area contributed by atoms with Crippen LogP contribution in [-0.2, 0) is 9.53 Å². The van der Waals surface area contributed by atoms with E-state index in [4.69, 9.17) is 4.74 Å². The molecule has 1 saturated carbocycles. The first-order valence-corrected chi connectivity index (χ1v) is 7.02. The molecule has 0 aromatic heterocycles. The topological polar surface area (TPSA) is 87.7 Å². The second-order valence-electron chi connectivity index (χ2n) is 5.46. The lowest BCUT2D eigenvalue weighted by Crippen LogP contribution is -2.58. The number of urea groups is 1. The molecule has 1 saturated heterocycles. The summed E-state index contributed by atoms with van der Waals surface area (Å²) in [5, 5.41) is 14.9. The summed E-state index contributed by atoms with van der Waals surface area (Å²) < 4.78 is 5.18. The lowest BCUT2D eigenvalue weighted by Gasteiger charge is -2.29. The molecule has 2 aliphatic rings. The van der Waals surface area contributed by atoms with Crippen LogP contribution in [0.25, 0.3) is 0 Å². The van der Waals surface area contributed by atoms with E-state index >= 15 is 0 Å². The zero-order chi connectivity index (χ0) is 13.7. The fourth-order valence-corrected chi connectivity index (χ4v) is 2.81. The van der Waals surface area contributed by atoms with Crippen LogP contribution in [0.4, 0.5) is 4.79 Å². The van der Waals surface area contributed by atoms with Crippen LogP contribution in [0.3, 0.4) is 0 Å². The van der Waals surface area contributed by atoms with Crippen LogP contribution in [-0.4, -0.2) is 41.9 Å². The predicted molar refractivity (Wildman–Crippen MR) is 69.0 cm³/mol. The lowest BCUT2D eigenvalue weighted by molar-refractivity contribution is -0.145. The van der Waals surface area contributed by atoms with Crippen LogP contribution in [0.2, 0.25) is 0 Å². The minimum absolute atomic E-state index is 0.00313. The van der Waals surface area contributed by atoms with Gasteiger partial charge >= 0.3 is 12.0 Å². The number of amides is 2. The van der Waals surface area contributed by atoms with E-state index in [0.29, 0.717) is 26.1 Å². The third-order valence-corrected chi connectivity index (χ3v) is 3.98. The fraction of sp³-hybridized carbons (Fsp3) is 0.846. The molecule has 108 valence electrons. The Morgan fingerprint density at radius 3 is 2.37 bits per heavy atom. The Kier molecular flexibility index (Phi) is 4.63. The summed E-state index contributed by atoms with van der Waals surface area (Å²) in [5.74, 6) is -0.924. The fourth-order valence-electron chi connectivity index (χ4n) is 2.81. The third-order valence-electron chi connectivity index (χ3n) is 3.98. The van der Waals surface area contributed by atoms with Crippen molar-refractivity contribution >= 4 is 12.0 Å². The summed E-state index contributed by atoms with van der Waals surface area (Å²) in [5.41, 5.74) is -1.10. The van der Waals surface area contributed by atoms with E-state index in [1.165, 1.54) is 0 Å². The number of hydrogen-bond donors (Lipinski definition) is 3. The van der Waals surface area contributed by atoms with Gasteiger partial charge in [0.1, 0.15) is 5.54 Å². The second kappa shape index (κ2) is 6.23. The Morgan fingerprint density at radius 1 is 1.16 bits per heavy atom. The zero-order valence-electron chi connectivity index (χ0n) is 11.1. The van der Waals surface area contributed by atoms with Gasteiger partial charge in [-0.15, -0.1) is 0 Å². The molecule has 0 radical (unpaired) electrons.